The molecule has 21 heavy (non-hydrogen) atoms. The number of hydrogen-bond donors (Lipinski definition) is 1. The van der Waals surface area contributed by atoms with E-state index in [0.29, 0.717) is 25.1 Å². The Morgan fingerprint density at radius 1 is 1.33 bits per heavy atom. The Labute approximate surface area is 137 Å². The van der Waals surface area contributed by atoms with E-state index >= 15 is 0 Å². The normalized spacial score (nSPS) is 17.1. The molecule has 1 N–H and O–H groups in total. The lowest BCUT2D eigenvalue weighted by Crippen LogP contribution is -2.29. The minimum Gasteiger partial charge on any atom is -0.481 e. The summed E-state index contributed by atoms with van der Waals surface area (Å²) >= 11 is 1.49. The summed E-state index contributed by atoms with van der Waals surface area (Å²) in [5, 5.41) is 8.95. The molecule has 0 bridgehead atoms. The van der Waals surface area contributed by atoms with Gasteiger partial charge in [-0.05, 0) is 24.6 Å². The number of carboxylic acid groups (broad SMARTS) is 1. The Kier molecular flexibility index (Phi) is 5.95. The molecule has 0 radical (unpaired) electrons. The summed E-state index contributed by atoms with van der Waals surface area (Å²) in [5.41, 5.74) is 3.23. The smallest absolute Gasteiger partial charge is 0.308 e. The van der Waals surface area contributed by atoms with E-state index in [0.717, 1.165) is 10.2 Å². The molecule has 1 aromatic carbocycles. The first-order valence-corrected chi connectivity index (χ1v) is 6.88. The molecule has 3 rings (SSSR count). The van der Waals surface area contributed by atoms with Crippen molar-refractivity contribution in [3.8, 4) is 0 Å². The third-order valence-electron chi connectivity index (χ3n) is 3.40. The molecular formula is C13H14Cl2N2O3S. The van der Waals surface area contributed by atoms with Crippen molar-refractivity contribution in [2.45, 2.75) is 6.42 Å². The first kappa shape index (κ1) is 17.7. The molecule has 1 aliphatic rings. The number of carbonyl (C=O) groups is 2. The van der Waals surface area contributed by atoms with Crippen molar-refractivity contribution >= 4 is 58.2 Å². The zero-order valence-electron chi connectivity index (χ0n) is 10.9. The molecule has 8 heteroatoms. The molecule has 2 aromatic rings. The summed E-state index contributed by atoms with van der Waals surface area (Å²) in [7, 11) is 0. The first-order chi connectivity index (χ1) is 9.15. The number of carbonyl (C=O) groups excluding carboxylic acids is 1. The largest absolute Gasteiger partial charge is 0.481 e. The fourth-order valence-corrected chi connectivity index (χ4v) is 3.03. The number of benzene rings is 1. The van der Waals surface area contributed by atoms with Crippen LogP contribution in [0.2, 0.25) is 0 Å². The second kappa shape index (κ2) is 7.06. The van der Waals surface area contributed by atoms with Crippen LogP contribution in [0.15, 0.2) is 23.7 Å². The maximum Gasteiger partial charge on any atom is 0.308 e. The molecule has 0 spiro atoms. The summed E-state index contributed by atoms with van der Waals surface area (Å²) in [4.78, 5) is 29.0. The van der Waals surface area contributed by atoms with Crippen molar-refractivity contribution in [3.63, 3.8) is 0 Å². The quantitative estimate of drug-likeness (QED) is 0.905. The predicted octanol–water partition coefficient (Wildman–Crippen LogP) is 2.69. The number of likely N-dealkylation sites (tertiary alicyclic amines) is 1. The van der Waals surface area contributed by atoms with Crippen LogP contribution in [0.1, 0.15) is 16.8 Å². The minimum atomic E-state index is -0.826. The van der Waals surface area contributed by atoms with Gasteiger partial charge in [0.05, 0.1) is 21.6 Å². The highest BCUT2D eigenvalue weighted by molar-refractivity contribution is 7.16. The van der Waals surface area contributed by atoms with Gasteiger partial charge in [0.25, 0.3) is 5.91 Å². The Bertz CT molecular complexity index is 662. The summed E-state index contributed by atoms with van der Waals surface area (Å²) in [6.07, 6.45) is 0.532. The fraction of sp³-hybridized carbons (Fsp3) is 0.308. The van der Waals surface area contributed by atoms with Crippen LogP contribution in [0.4, 0.5) is 0 Å². The molecule has 0 aliphatic carbocycles. The van der Waals surface area contributed by atoms with E-state index in [1.54, 1.807) is 16.5 Å². The highest BCUT2D eigenvalue weighted by atomic mass is 35.5. The Balaban J connectivity index is 0.00000110. The van der Waals surface area contributed by atoms with Crippen LogP contribution in [-0.4, -0.2) is 40.0 Å². The third kappa shape index (κ3) is 3.45. The van der Waals surface area contributed by atoms with E-state index in [2.05, 4.69) is 4.98 Å². The van der Waals surface area contributed by atoms with Crippen molar-refractivity contribution in [2.75, 3.05) is 13.1 Å². The lowest BCUT2D eigenvalue weighted by atomic mass is 10.1. The molecule has 1 fully saturated rings. The van der Waals surface area contributed by atoms with Crippen LogP contribution in [0.25, 0.3) is 10.2 Å². The molecule has 1 atom stereocenters. The van der Waals surface area contributed by atoms with E-state index in [9.17, 15) is 9.59 Å². The molecule has 1 aromatic heterocycles. The van der Waals surface area contributed by atoms with Crippen LogP contribution >= 0.6 is 36.2 Å². The SMILES string of the molecule is Cl.Cl.O=C(O)C1CCN(C(=O)c2ccc3ncsc3c2)C1. The second-order valence-corrected chi connectivity index (χ2v) is 5.50. The van der Waals surface area contributed by atoms with Gasteiger partial charge in [0.15, 0.2) is 0 Å². The van der Waals surface area contributed by atoms with Crippen molar-refractivity contribution in [1.29, 1.82) is 0 Å². The maximum absolute atomic E-state index is 12.3. The zero-order chi connectivity index (χ0) is 13.4. The van der Waals surface area contributed by atoms with Crippen LogP contribution < -0.4 is 0 Å². The van der Waals surface area contributed by atoms with Gasteiger partial charge >= 0.3 is 5.97 Å². The van der Waals surface area contributed by atoms with Gasteiger partial charge in [0, 0.05) is 18.7 Å². The molecule has 2 heterocycles. The summed E-state index contributed by atoms with van der Waals surface area (Å²) in [5.74, 6) is -1.36. The van der Waals surface area contributed by atoms with E-state index in [1.165, 1.54) is 11.3 Å². The van der Waals surface area contributed by atoms with Crippen LogP contribution in [0, 0.1) is 5.92 Å². The topological polar surface area (TPSA) is 70.5 Å². The Morgan fingerprint density at radius 3 is 2.76 bits per heavy atom. The molecule has 1 amide bonds. The lowest BCUT2D eigenvalue weighted by Gasteiger charge is -2.15. The Hall–Kier alpha value is -1.37. The molecule has 1 aliphatic heterocycles. The fourth-order valence-electron chi connectivity index (χ4n) is 2.32. The number of aliphatic carboxylic acids is 1. The van der Waals surface area contributed by atoms with E-state index < -0.39 is 11.9 Å². The molecule has 0 saturated carbocycles. The van der Waals surface area contributed by atoms with Gasteiger partial charge in [0.1, 0.15) is 0 Å². The number of carboxylic acids is 1. The van der Waals surface area contributed by atoms with Crippen molar-refractivity contribution < 1.29 is 14.7 Å². The van der Waals surface area contributed by atoms with E-state index in [4.69, 9.17) is 5.11 Å². The van der Waals surface area contributed by atoms with Gasteiger partial charge < -0.3 is 10.0 Å². The third-order valence-corrected chi connectivity index (χ3v) is 4.19. The number of halogens is 2. The average Bonchev–Trinajstić information content (AvgIpc) is 3.06. The highest BCUT2D eigenvalue weighted by Gasteiger charge is 2.31. The standard InChI is InChI=1S/C13H12N2O3S.2ClH/c16-12(15-4-3-9(6-15)13(17)18)8-1-2-10-11(5-8)19-7-14-10;;/h1-2,5,7,9H,3-4,6H2,(H,17,18);2*1H. The van der Waals surface area contributed by atoms with Crippen LogP contribution in [-0.2, 0) is 4.79 Å². The number of nitrogens with zero attached hydrogens (tertiary/aromatic N) is 2. The summed E-state index contributed by atoms with van der Waals surface area (Å²) < 4.78 is 0.972. The van der Waals surface area contributed by atoms with Crippen molar-refractivity contribution in [1.82, 2.24) is 9.88 Å². The van der Waals surface area contributed by atoms with Crippen LogP contribution in [0.3, 0.4) is 0 Å². The number of amides is 1. The number of thiazole rings is 1. The molecule has 114 valence electrons. The van der Waals surface area contributed by atoms with E-state index in [-0.39, 0.29) is 30.7 Å². The van der Waals surface area contributed by atoms with Crippen LogP contribution in [0.5, 0.6) is 0 Å². The van der Waals surface area contributed by atoms with Gasteiger partial charge in [-0.25, -0.2) is 4.98 Å². The van der Waals surface area contributed by atoms with Gasteiger partial charge in [0.2, 0.25) is 0 Å². The van der Waals surface area contributed by atoms with Gasteiger partial charge in [-0.15, -0.1) is 36.2 Å². The number of fused-ring (bicyclic) bond motifs is 1. The minimum absolute atomic E-state index is 0. The van der Waals surface area contributed by atoms with Gasteiger partial charge in [-0.2, -0.15) is 0 Å². The Morgan fingerprint density at radius 2 is 2.10 bits per heavy atom. The van der Waals surface area contributed by atoms with E-state index in [1.807, 2.05) is 12.1 Å². The van der Waals surface area contributed by atoms with Crippen molar-refractivity contribution in [2.24, 2.45) is 5.92 Å². The average molecular weight is 349 g/mol. The zero-order valence-corrected chi connectivity index (χ0v) is 13.3. The highest BCUT2D eigenvalue weighted by Crippen LogP contribution is 2.23. The van der Waals surface area contributed by atoms with Gasteiger partial charge in [-0.3, -0.25) is 9.59 Å². The first-order valence-electron chi connectivity index (χ1n) is 6.00. The monoisotopic (exact) mass is 348 g/mol. The summed E-state index contributed by atoms with van der Waals surface area (Å²) in [6, 6.07) is 5.39. The number of hydrogen-bond acceptors (Lipinski definition) is 4. The molecule has 1 saturated heterocycles. The second-order valence-electron chi connectivity index (χ2n) is 4.61. The molecular weight excluding hydrogens is 335 g/mol. The maximum atomic E-state index is 12.3. The number of aromatic nitrogens is 1. The van der Waals surface area contributed by atoms with Gasteiger partial charge in [-0.1, -0.05) is 0 Å². The van der Waals surface area contributed by atoms with Crippen molar-refractivity contribution in [3.05, 3.63) is 29.3 Å². The number of rotatable bonds is 2. The molecule has 5 nitrogen and oxygen atoms in total. The molecule has 1 unspecified atom stereocenters. The predicted molar refractivity (Wildman–Crippen MR) is 85.8 cm³/mol. The summed E-state index contributed by atoms with van der Waals surface area (Å²) in [6.45, 7) is 0.811. The lowest BCUT2D eigenvalue weighted by molar-refractivity contribution is -0.141.